The summed E-state index contributed by atoms with van der Waals surface area (Å²) in [4.78, 5) is 40.9. The first-order chi connectivity index (χ1) is 21.2. The Bertz CT molecular complexity index is 1600. The minimum absolute atomic E-state index is 0.00996. The lowest BCUT2D eigenvalue weighted by atomic mass is 9.90. The van der Waals surface area contributed by atoms with Gasteiger partial charge in [-0.1, -0.05) is 32.0 Å². The Morgan fingerprint density at radius 1 is 1.07 bits per heavy atom. The Morgan fingerprint density at radius 3 is 2.36 bits per heavy atom. The molecule has 0 aliphatic carbocycles. The monoisotopic (exact) mass is 625 g/mol. The van der Waals surface area contributed by atoms with Gasteiger partial charge < -0.3 is 19.9 Å². The molecule has 0 spiro atoms. The number of aliphatic carboxylic acids is 1. The second-order valence-electron chi connectivity index (χ2n) is 12.6. The number of carboxylic acids is 1. The molecule has 45 heavy (non-hydrogen) atoms. The molecule has 3 atom stereocenters. The van der Waals surface area contributed by atoms with Crippen molar-refractivity contribution in [3.63, 3.8) is 0 Å². The van der Waals surface area contributed by atoms with E-state index in [0.717, 1.165) is 27.3 Å². The number of aryl methyl sites for hydroxylation is 3. The average Bonchev–Trinajstić information content (AvgIpc) is 3.38. The molecule has 2 heterocycles. The van der Waals surface area contributed by atoms with Gasteiger partial charge in [-0.25, -0.2) is 13.2 Å². The molecule has 1 aromatic heterocycles. The molecule has 1 saturated heterocycles. The van der Waals surface area contributed by atoms with Crippen LogP contribution < -0.4 is 10.9 Å². The van der Waals surface area contributed by atoms with Crippen LogP contribution in [0.4, 0.5) is 13.2 Å². The van der Waals surface area contributed by atoms with Crippen LogP contribution in [0.15, 0.2) is 47.4 Å². The summed E-state index contributed by atoms with van der Waals surface area (Å²) >= 11 is 0. The van der Waals surface area contributed by atoms with E-state index in [-0.39, 0.29) is 23.5 Å². The Hall–Kier alpha value is -3.92. The molecule has 1 aliphatic heterocycles. The molecule has 7 nitrogen and oxygen atoms in total. The van der Waals surface area contributed by atoms with Crippen molar-refractivity contribution in [1.82, 2.24) is 14.8 Å². The van der Waals surface area contributed by atoms with Crippen molar-refractivity contribution in [3.8, 4) is 11.1 Å². The van der Waals surface area contributed by atoms with E-state index in [0.29, 0.717) is 43.6 Å². The molecule has 242 valence electrons. The number of rotatable bonds is 12. The molecule has 1 aliphatic rings. The molecule has 2 aromatic carbocycles. The number of aromatic nitrogens is 1. The van der Waals surface area contributed by atoms with Crippen LogP contribution in [0.1, 0.15) is 73.0 Å². The second-order valence-corrected chi connectivity index (χ2v) is 12.6. The summed E-state index contributed by atoms with van der Waals surface area (Å²) in [5, 5.41) is 12.5. The highest BCUT2D eigenvalue weighted by atomic mass is 19.1. The van der Waals surface area contributed by atoms with E-state index < -0.39 is 53.7 Å². The predicted molar refractivity (Wildman–Crippen MR) is 168 cm³/mol. The first kappa shape index (κ1) is 34.0. The van der Waals surface area contributed by atoms with Gasteiger partial charge in [0.2, 0.25) is 5.91 Å². The van der Waals surface area contributed by atoms with Gasteiger partial charge >= 0.3 is 5.97 Å². The number of pyridine rings is 1. The van der Waals surface area contributed by atoms with Crippen molar-refractivity contribution >= 4 is 11.9 Å². The van der Waals surface area contributed by atoms with Gasteiger partial charge in [-0.15, -0.1) is 0 Å². The normalized spacial score (nSPS) is 16.6. The fraction of sp³-hybridized carbons (Fsp3) is 0.457. The standard InChI is InChI=1S/C35H42F3N3O4/c1-20(2)13-30(41-18-24(15-28(37)35(41)45)9-11-40-12-10-26(36)19-40)34(44)39-29(17-31(42)43)27-16-25(14-23(5)33(27)38)32-21(3)7-6-8-22(32)4/h6-8,14-16,18,20,26,29-30H,9-13,17,19H2,1-5H3,(H,39,44)(H,42,43)/t26?,29-,30?/m0/s1. The van der Waals surface area contributed by atoms with Crippen LogP contribution in [-0.2, 0) is 16.0 Å². The number of benzene rings is 2. The van der Waals surface area contributed by atoms with Crippen molar-refractivity contribution in [1.29, 1.82) is 0 Å². The van der Waals surface area contributed by atoms with Crippen LogP contribution in [-0.4, -0.2) is 52.3 Å². The van der Waals surface area contributed by atoms with Crippen molar-refractivity contribution in [3.05, 3.63) is 92.4 Å². The fourth-order valence-electron chi connectivity index (χ4n) is 6.21. The second kappa shape index (κ2) is 14.5. The molecule has 2 unspecified atom stereocenters. The minimum Gasteiger partial charge on any atom is -0.481 e. The molecule has 3 aromatic rings. The van der Waals surface area contributed by atoms with Gasteiger partial charge in [-0.2, -0.15) is 0 Å². The van der Waals surface area contributed by atoms with E-state index in [4.69, 9.17) is 0 Å². The third-order valence-corrected chi connectivity index (χ3v) is 8.44. The highest BCUT2D eigenvalue weighted by molar-refractivity contribution is 5.82. The van der Waals surface area contributed by atoms with Crippen molar-refractivity contribution in [2.24, 2.45) is 5.92 Å². The van der Waals surface area contributed by atoms with Crippen LogP contribution in [0.25, 0.3) is 11.1 Å². The average molecular weight is 626 g/mol. The number of nitrogens with zero attached hydrogens (tertiary/aromatic N) is 2. The van der Waals surface area contributed by atoms with Gasteiger partial charge in [0, 0.05) is 31.4 Å². The molecule has 4 rings (SSSR count). The third-order valence-electron chi connectivity index (χ3n) is 8.44. The van der Waals surface area contributed by atoms with Crippen molar-refractivity contribution < 1.29 is 27.9 Å². The number of carbonyl (C=O) groups excluding carboxylic acids is 1. The van der Waals surface area contributed by atoms with Gasteiger partial charge in [0.1, 0.15) is 18.0 Å². The summed E-state index contributed by atoms with van der Waals surface area (Å²) < 4.78 is 45.4. The van der Waals surface area contributed by atoms with Crippen LogP contribution in [0.3, 0.4) is 0 Å². The molecule has 0 radical (unpaired) electrons. The molecular weight excluding hydrogens is 583 g/mol. The smallest absolute Gasteiger partial charge is 0.305 e. The van der Waals surface area contributed by atoms with E-state index in [9.17, 15) is 28.3 Å². The molecular formula is C35H42F3N3O4. The number of nitrogens with one attached hydrogen (secondary N) is 1. The Labute approximate surface area is 262 Å². The summed E-state index contributed by atoms with van der Waals surface area (Å²) in [5.41, 5.74) is 3.27. The topological polar surface area (TPSA) is 91.6 Å². The Balaban J connectivity index is 1.71. The number of hydrogen-bond donors (Lipinski definition) is 2. The number of likely N-dealkylation sites (tertiary alicyclic amines) is 1. The van der Waals surface area contributed by atoms with Crippen LogP contribution in [0, 0.1) is 38.3 Å². The summed E-state index contributed by atoms with van der Waals surface area (Å²) in [6, 6.07) is 7.73. The number of carboxylic acid groups (broad SMARTS) is 1. The summed E-state index contributed by atoms with van der Waals surface area (Å²) in [7, 11) is 0. The Kier molecular flexibility index (Phi) is 10.9. The summed E-state index contributed by atoms with van der Waals surface area (Å²) in [6.07, 6.45) is 0.866. The quantitative estimate of drug-likeness (QED) is 0.249. The number of amides is 1. The van der Waals surface area contributed by atoms with Gasteiger partial charge in [0.15, 0.2) is 5.82 Å². The SMILES string of the molecule is Cc1cc(-c2c(C)cccc2C)cc([C@H](CC(=O)O)NC(=O)C(CC(C)C)n2cc(CCN3CCC(F)C3)cc(F)c2=O)c1F. The van der Waals surface area contributed by atoms with E-state index >= 15 is 4.39 Å². The highest BCUT2D eigenvalue weighted by Crippen LogP contribution is 2.33. The number of hydrogen-bond acceptors (Lipinski definition) is 4. The highest BCUT2D eigenvalue weighted by Gasteiger charge is 2.30. The van der Waals surface area contributed by atoms with Crippen LogP contribution in [0.5, 0.6) is 0 Å². The van der Waals surface area contributed by atoms with Crippen molar-refractivity contribution in [2.75, 3.05) is 19.6 Å². The lowest BCUT2D eigenvalue weighted by molar-refractivity contribution is -0.138. The third kappa shape index (κ3) is 8.22. The molecule has 1 amide bonds. The number of carbonyl (C=O) groups is 2. The van der Waals surface area contributed by atoms with Crippen LogP contribution in [0.2, 0.25) is 0 Å². The Morgan fingerprint density at radius 2 is 1.76 bits per heavy atom. The van der Waals surface area contributed by atoms with Gasteiger partial charge in [0.25, 0.3) is 5.56 Å². The van der Waals surface area contributed by atoms with E-state index in [2.05, 4.69) is 5.32 Å². The number of halogens is 3. The zero-order valence-electron chi connectivity index (χ0n) is 26.5. The first-order valence-corrected chi connectivity index (χ1v) is 15.4. The molecule has 0 bridgehead atoms. The maximum absolute atomic E-state index is 15.7. The predicted octanol–water partition coefficient (Wildman–Crippen LogP) is 6.22. The molecule has 1 fully saturated rings. The molecule has 2 N–H and O–H groups in total. The first-order valence-electron chi connectivity index (χ1n) is 15.4. The molecule has 0 saturated carbocycles. The van der Waals surface area contributed by atoms with E-state index in [1.807, 2.05) is 50.8 Å². The lowest BCUT2D eigenvalue weighted by Gasteiger charge is -2.26. The largest absolute Gasteiger partial charge is 0.481 e. The maximum atomic E-state index is 15.7. The zero-order chi connectivity index (χ0) is 33.0. The van der Waals surface area contributed by atoms with E-state index in [1.54, 1.807) is 19.1 Å². The summed E-state index contributed by atoms with van der Waals surface area (Å²) in [6.45, 7) is 10.5. The molecule has 10 heteroatoms. The zero-order valence-corrected chi connectivity index (χ0v) is 26.5. The minimum atomic E-state index is -1.26. The van der Waals surface area contributed by atoms with Gasteiger partial charge in [0.05, 0.1) is 12.5 Å². The van der Waals surface area contributed by atoms with Crippen molar-refractivity contribution in [2.45, 2.75) is 78.6 Å². The lowest BCUT2D eigenvalue weighted by Crippen LogP contribution is -2.41. The van der Waals surface area contributed by atoms with E-state index in [1.165, 1.54) is 6.20 Å². The van der Waals surface area contributed by atoms with Gasteiger partial charge in [-0.3, -0.25) is 14.4 Å². The number of alkyl halides is 1. The van der Waals surface area contributed by atoms with Gasteiger partial charge in [-0.05, 0) is 97.5 Å². The van der Waals surface area contributed by atoms with Crippen LogP contribution >= 0.6 is 0 Å². The fourth-order valence-corrected chi connectivity index (χ4v) is 6.21. The summed E-state index contributed by atoms with van der Waals surface area (Å²) in [5.74, 6) is -3.74. The maximum Gasteiger partial charge on any atom is 0.305 e.